The van der Waals surface area contributed by atoms with Gasteiger partial charge in [-0.25, -0.2) is 4.99 Å². The van der Waals surface area contributed by atoms with Crippen LogP contribution in [0.5, 0.6) is 0 Å². The van der Waals surface area contributed by atoms with E-state index in [9.17, 15) is 4.79 Å². The number of carbonyl (C=O) groups is 1. The second-order valence-corrected chi connectivity index (χ2v) is 2.56. The van der Waals surface area contributed by atoms with E-state index >= 15 is 0 Å². The Bertz CT molecular complexity index is 134. The molecule has 0 atom stereocenters. The van der Waals surface area contributed by atoms with E-state index in [1.807, 2.05) is 13.8 Å². The molecule has 0 bridgehead atoms. The number of aliphatic imine (C=N–C) groups is 1. The fourth-order valence-electron chi connectivity index (χ4n) is 0.633. The van der Waals surface area contributed by atoms with Crippen LogP contribution in [0, 0.1) is 0 Å². The minimum Gasteiger partial charge on any atom is -0.273 e. The molecular formula is C8H15NO. The molecule has 0 saturated heterocycles. The Hall–Kier alpha value is -0.660. The first-order chi connectivity index (χ1) is 4.66. The van der Waals surface area contributed by atoms with Crippen LogP contribution in [0.15, 0.2) is 4.99 Å². The third kappa shape index (κ3) is 5.48. The summed E-state index contributed by atoms with van der Waals surface area (Å²) in [6, 6.07) is 0. The zero-order chi connectivity index (χ0) is 7.98. The molecule has 0 aliphatic heterocycles. The van der Waals surface area contributed by atoms with Crippen LogP contribution in [0.3, 0.4) is 0 Å². The summed E-state index contributed by atoms with van der Waals surface area (Å²) in [5.41, 5.74) is 0.848. The second kappa shape index (κ2) is 5.15. The van der Waals surface area contributed by atoms with Crippen molar-refractivity contribution in [3.63, 3.8) is 0 Å². The molecule has 0 heterocycles. The molecule has 0 aromatic carbocycles. The largest absolute Gasteiger partial charge is 0.273 e. The normalized spacial score (nSPS) is 9.10. The van der Waals surface area contributed by atoms with Crippen molar-refractivity contribution in [1.29, 1.82) is 0 Å². The highest BCUT2D eigenvalue weighted by Gasteiger charge is 1.95. The number of rotatable bonds is 3. The Kier molecular flexibility index (Phi) is 4.81. The molecule has 0 rings (SSSR count). The van der Waals surface area contributed by atoms with Gasteiger partial charge in [0.15, 0.2) is 0 Å². The lowest BCUT2D eigenvalue weighted by Gasteiger charge is -1.91. The van der Waals surface area contributed by atoms with Crippen LogP contribution in [0.4, 0.5) is 0 Å². The van der Waals surface area contributed by atoms with Crippen LogP contribution >= 0.6 is 0 Å². The predicted octanol–water partition coefficient (Wildman–Crippen LogP) is 2.18. The third-order valence-corrected chi connectivity index (χ3v) is 1.09. The maximum atomic E-state index is 10.8. The first kappa shape index (κ1) is 9.34. The van der Waals surface area contributed by atoms with Crippen LogP contribution < -0.4 is 0 Å². The lowest BCUT2D eigenvalue weighted by Crippen LogP contribution is -1.95. The number of nitrogens with zero attached hydrogens (tertiary/aromatic N) is 1. The summed E-state index contributed by atoms with van der Waals surface area (Å²) in [5, 5.41) is 0. The molecule has 0 aliphatic carbocycles. The number of unbranched alkanes of at least 4 members (excludes halogenated alkanes) is 1. The van der Waals surface area contributed by atoms with Gasteiger partial charge in [-0.1, -0.05) is 13.3 Å². The maximum Gasteiger partial charge on any atom is 0.245 e. The van der Waals surface area contributed by atoms with E-state index < -0.39 is 0 Å². The number of amides is 1. The summed E-state index contributed by atoms with van der Waals surface area (Å²) in [6.45, 7) is 5.74. The smallest absolute Gasteiger partial charge is 0.245 e. The zero-order valence-electron chi connectivity index (χ0n) is 6.98. The second-order valence-electron chi connectivity index (χ2n) is 2.56. The van der Waals surface area contributed by atoms with Crippen molar-refractivity contribution in [3.05, 3.63) is 0 Å². The van der Waals surface area contributed by atoms with Gasteiger partial charge in [0.1, 0.15) is 0 Å². The van der Waals surface area contributed by atoms with Gasteiger partial charge in [-0.15, -0.1) is 0 Å². The molecule has 2 nitrogen and oxygen atoms in total. The molecular weight excluding hydrogens is 126 g/mol. The minimum absolute atomic E-state index is 0.0156. The molecule has 0 unspecified atom stereocenters. The predicted molar refractivity (Wildman–Crippen MR) is 43.3 cm³/mol. The first-order valence-electron chi connectivity index (χ1n) is 3.71. The summed E-state index contributed by atoms with van der Waals surface area (Å²) in [7, 11) is 0. The van der Waals surface area contributed by atoms with Gasteiger partial charge in [-0.05, 0) is 20.3 Å². The van der Waals surface area contributed by atoms with Crippen molar-refractivity contribution in [2.75, 3.05) is 0 Å². The van der Waals surface area contributed by atoms with Crippen molar-refractivity contribution in [1.82, 2.24) is 0 Å². The van der Waals surface area contributed by atoms with Gasteiger partial charge in [-0.2, -0.15) is 0 Å². The maximum absolute atomic E-state index is 10.8. The molecule has 0 spiro atoms. The van der Waals surface area contributed by atoms with Crippen molar-refractivity contribution in [2.45, 2.75) is 40.0 Å². The monoisotopic (exact) mass is 141 g/mol. The van der Waals surface area contributed by atoms with Crippen molar-refractivity contribution in [3.8, 4) is 0 Å². The topological polar surface area (TPSA) is 29.4 Å². The van der Waals surface area contributed by atoms with Crippen molar-refractivity contribution in [2.24, 2.45) is 4.99 Å². The van der Waals surface area contributed by atoms with Gasteiger partial charge in [-0.3, -0.25) is 4.79 Å². The fraction of sp³-hybridized carbons (Fsp3) is 0.750. The Morgan fingerprint density at radius 3 is 2.40 bits per heavy atom. The average molecular weight is 141 g/mol. The van der Waals surface area contributed by atoms with Gasteiger partial charge < -0.3 is 0 Å². The Labute approximate surface area is 62.4 Å². The fourth-order valence-corrected chi connectivity index (χ4v) is 0.633. The van der Waals surface area contributed by atoms with Crippen molar-refractivity contribution < 1.29 is 4.79 Å². The Morgan fingerprint density at radius 1 is 1.40 bits per heavy atom. The quantitative estimate of drug-likeness (QED) is 0.554. The molecule has 0 aliphatic rings. The standard InChI is InChI=1S/C8H15NO/c1-4-5-6-8(10)9-7(2)3/h4-6H2,1-3H3. The highest BCUT2D eigenvalue weighted by molar-refractivity contribution is 5.92. The highest BCUT2D eigenvalue weighted by Crippen LogP contribution is 1.95. The highest BCUT2D eigenvalue weighted by atomic mass is 16.1. The Morgan fingerprint density at radius 2 is 2.00 bits per heavy atom. The minimum atomic E-state index is 0.0156. The summed E-state index contributed by atoms with van der Waals surface area (Å²) < 4.78 is 0. The molecule has 0 aromatic heterocycles. The summed E-state index contributed by atoms with van der Waals surface area (Å²) in [4.78, 5) is 14.6. The molecule has 0 N–H and O–H groups in total. The molecule has 2 heteroatoms. The molecule has 10 heavy (non-hydrogen) atoms. The van der Waals surface area contributed by atoms with Crippen LogP contribution in [-0.2, 0) is 4.79 Å². The lowest BCUT2D eigenvalue weighted by molar-refractivity contribution is -0.117. The van der Waals surface area contributed by atoms with Crippen molar-refractivity contribution >= 4 is 11.6 Å². The van der Waals surface area contributed by atoms with Crippen LogP contribution in [0.25, 0.3) is 0 Å². The van der Waals surface area contributed by atoms with E-state index in [1.165, 1.54) is 0 Å². The van der Waals surface area contributed by atoms with Crippen LogP contribution in [0.2, 0.25) is 0 Å². The SMILES string of the molecule is CCCCC(=O)N=C(C)C. The number of hydrogen-bond donors (Lipinski definition) is 0. The van der Waals surface area contributed by atoms with Crippen LogP contribution in [-0.4, -0.2) is 11.6 Å². The van der Waals surface area contributed by atoms with Crippen LogP contribution in [0.1, 0.15) is 40.0 Å². The third-order valence-electron chi connectivity index (χ3n) is 1.09. The van der Waals surface area contributed by atoms with E-state index in [1.54, 1.807) is 0 Å². The van der Waals surface area contributed by atoms with Gasteiger partial charge in [0, 0.05) is 12.1 Å². The van der Waals surface area contributed by atoms with Gasteiger partial charge in [0.2, 0.25) is 5.91 Å². The Balaban J connectivity index is 3.54. The molecule has 58 valence electrons. The van der Waals surface area contributed by atoms with E-state index in [0.717, 1.165) is 18.6 Å². The lowest BCUT2D eigenvalue weighted by atomic mass is 10.2. The van der Waals surface area contributed by atoms with E-state index in [4.69, 9.17) is 0 Å². The van der Waals surface area contributed by atoms with E-state index in [-0.39, 0.29) is 5.91 Å². The molecule has 0 fully saturated rings. The van der Waals surface area contributed by atoms with Gasteiger partial charge in [0.05, 0.1) is 0 Å². The molecule has 1 amide bonds. The average Bonchev–Trinajstić information content (AvgIpc) is 1.82. The van der Waals surface area contributed by atoms with E-state index in [0.29, 0.717) is 6.42 Å². The van der Waals surface area contributed by atoms with Gasteiger partial charge in [0.25, 0.3) is 0 Å². The zero-order valence-corrected chi connectivity index (χ0v) is 6.98. The number of carbonyl (C=O) groups excluding carboxylic acids is 1. The number of hydrogen-bond acceptors (Lipinski definition) is 1. The summed E-state index contributed by atoms with van der Waals surface area (Å²) in [6.07, 6.45) is 2.61. The summed E-state index contributed by atoms with van der Waals surface area (Å²) in [5.74, 6) is 0.0156. The molecule has 0 radical (unpaired) electrons. The van der Waals surface area contributed by atoms with Gasteiger partial charge >= 0.3 is 0 Å². The molecule has 0 saturated carbocycles. The first-order valence-corrected chi connectivity index (χ1v) is 3.71. The van der Waals surface area contributed by atoms with E-state index in [2.05, 4.69) is 11.9 Å². The molecule has 0 aromatic rings. The summed E-state index contributed by atoms with van der Waals surface area (Å²) >= 11 is 0.